The fourth-order valence-corrected chi connectivity index (χ4v) is 4.67. The van der Waals surface area contributed by atoms with Gasteiger partial charge in [0, 0.05) is 37.6 Å². The van der Waals surface area contributed by atoms with E-state index in [-0.39, 0.29) is 5.60 Å². The van der Waals surface area contributed by atoms with Crippen LogP contribution in [0, 0.1) is 18.8 Å². The molecular formula is C17H23N3O. The predicted molar refractivity (Wildman–Crippen MR) is 83.2 cm³/mol. The number of fused-ring (bicyclic) bond motifs is 3. The SMILES string of the molecule is COC1(c2cccc3[nH]c(C)nc23)C2CCCC1CNC2. The van der Waals surface area contributed by atoms with Gasteiger partial charge in [-0.2, -0.15) is 0 Å². The third-order valence-corrected chi connectivity index (χ3v) is 5.49. The van der Waals surface area contributed by atoms with E-state index in [1.165, 1.54) is 24.8 Å². The van der Waals surface area contributed by atoms with Crippen LogP contribution in [0.25, 0.3) is 11.0 Å². The van der Waals surface area contributed by atoms with Crippen LogP contribution >= 0.6 is 0 Å². The Balaban J connectivity index is 1.95. The maximum absolute atomic E-state index is 6.26. The van der Waals surface area contributed by atoms with Crippen molar-refractivity contribution in [1.29, 1.82) is 0 Å². The van der Waals surface area contributed by atoms with Crippen LogP contribution in [0.1, 0.15) is 30.7 Å². The smallest absolute Gasteiger partial charge is 0.104 e. The van der Waals surface area contributed by atoms with Gasteiger partial charge in [-0.05, 0) is 25.8 Å². The molecule has 112 valence electrons. The molecule has 2 fully saturated rings. The highest BCUT2D eigenvalue weighted by Gasteiger charge is 2.52. The van der Waals surface area contributed by atoms with Crippen molar-refractivity contribution >= 4 is 11.0 Å². The molecule has 1 aliphatic heterocycles. The Bertz CT molecular complexity index is 641. The average Bonchev–Trinajstić information content (AvgIpc) is 2.86. The molecule has 2 aliphatic rings. The van der Waals surface area contributed by atoms with E-state index in [0.717, 1.165) is 29.9 Å². The summed E-state index contributed by atoms with van der Waals surface area (Å²) in [6.45, 7) is 4.11. The number of aryl methyl sites for hydroxylation is 1. The largest absolute Gasteiger partial charge is 0.373 e. The van der Waals surface area contributed by atoms with Crippen LogP contribution in [0.2, 0.25) is 0 Å². The number of nitrogens with one attached hydrogen (secondary N) is 2. The van der Waals surface area contributed by atoms with Gasteiger partial charge in [0.2, 0.25) is 0 Å². The number of piperidine rings is 1. The quantitative estimate of drug-likeness (QED) is 0.892. The van der Waals surface area contributed by atoms with E-state index < -0.39 is 0 Å². The minimum absolute atomic E-state index is 0.176. The summed E-state index contributed by atoms with van der Waals surface area (Å²) in [5.41, 5.74) is 3.32. The molecule has 2 aromatic rings. The molecule has 2 N–H and O–H groups in total. The van der Waals surface area contributed by atoms with Gasteiger partial charge >= 0.3 is 0 Å². The lowest BCUT2D eigenvalue weighted by molar-refractivity contribution is -0.143. The third kappa shape index (κ3) is 1.79. The number of hydrogen-bond donors (Lipinski definition) is 2. The monoisotopic (exact) mass is 285 g/mol. The number of aromatic amines is 1. The van der Waals surface area contributed by atoms with E-state index in [1.807, 2.05) is 14.0 Å². The lowest BCUT2D eigenvalue weighted by atomic mass is 9.62. The molecule has 2 unspecified atom stereocenters. The summed E-state index contributed by atoms with van der Waals surface area (Å²) in [6, 6.07) is 6.47. The van der Waals surface area contributed by atoms with Gasteiger partial charge in [-0.25, -0.2) is 4.98 Å². The lowest BCUT2D eigenvalue weighted by Crippen LogP contribution is -2.57. The molecule has 1 saturated heterocycles. The van der Waals surface area contributed by atoms with Crippen molar-refractivity contribution < 1.29 is 4.74 Å². The summed E-state index contributed by atoms with van der Waals surface area (Å²) in [4.78, 5) is 8.12. The van der Waals surface area contributed by atoms with E-state index >= 15 is 0 Å². The van der Waals surface area contributed by atoms with Gasteiger partial charge in [-0.1, -0.05) is 18.6 Å². The number of imidazole rings is 1. The van der Waals surface area contributed by atoms with Gasteiger partial charge < -0.3 is 15.0 Å². The van der Waals surface area contributed by atoms with Gasteiger partial charge in [0.1, 0.15) is 11.4 Å². The van der Waals surface area contributed by atoms with E-state index in [9.17, 15) is 0 Å². The van der Waals surface area contributed by atoms with Crippen molar-refractivity contribution in [2.75, 3.05) is 20.2 Å². The Kier molecular flexibility index (Phi) is 3.05. The molecule has 2 heterocycles. The molecule has 4 rings (SSSR count). The number of ether oxygens (including phenoxy) is 1. The van der Waals surface area contributed by atoms with Crippen LogP contribution in [0.4, 0.5) is 0 Å². The molecule has 2 bridgehead atoms. The van der Waals surface area contributed by atoms with Crippen molar-refractivity contribution in [1.82, 2.24) is 15.3 Å². The van der Waals surface area contributed by atoms with Gasteiger partial charge in [-0.15, -0.1) is 0 Å². The first kappa shape index (κ1) is 13.3. The van der Waals surface area contributed by atoms with E-state index in [4.69, 9.17) is 9.72 Å². The molecule has 0 spiro atoms. The zero-order valence-electron chi connectivity index (χ0n) is 12.8. The molecule has 21 heavy (non-hydrogen) atoms. The van der Waals surface area contributed by atoms with Crippen LogP contribution in [-0.4, -0.2) is 30.2 Å². The number of para-hydroxylation sites is 1. The topological polar surface area (TPSA) is 49.9 Å². The minimum atomic E-state index is -0.176. The highest BCUT2D eigenvalue weighted by Crippen LogP contribution is 2.51. The van der Waals surface area contributed by atoms with Crippen molar-refractivity contribution in [3.05, 3.63) is 29.6 Å². The van der Waals surface area contributed by atoms with Crippen molar-refractivity contribution in [2.45, 2.75) is 31.8 Å². The zero-order chi connectivity index (χ0) is 14.4. The second-order valence-corrected chi connectivity index (χ2v) is 6.50. The summed E-state index contributed by atoms with van der Waals surface area (Å²) in [6.07, 6.45) is 3.78. The minimum Gasteiger partial charge on any atom is -0.373 e. The molecule has 1 aromatic heterocycles. The summed E-state index contributed by atoms with van der Waals surface area (Å²) in [5.74, 6) is 2.05. The standard InChI is InChI=1S/C17H23N3O/c1-11-19-15-8-4-7-14(16(15)20-11)17(21-2)12-5-3-6-13(17)10-18-9-12/h4,7-8,12-13,18H,3,5-6,9-10H2,1-2H3,(H,19,20). The van der Waals surface area contributed by atoms with Gasteiger partial charge in [0.15, 0.2) is 0 Å². The highest BCUT2D eigenvalue weighted by molar-refractivity contribution is 5.80. The Morgan fingerprint density at radius 2 is 2.00 bits per heavy atom. The van der Waals surface area contributed by atoms with Crippen molar-refractivity contribution in [3.63, 3.8) is 0 Å². The first-order valence-electron chi connectivity index (χ1n) is 7.97. The number of hydrogen-bond acceptors (Lipinski definition) is 3. The molecule has 1 aliphatic carbocycles. The Hall–Kier alpha value is -1.39. The first-order chi connectivity index (χ1) is 10.3. The fourth-order valence-electron chi connectivity index (χ4n) is 4.67. The van der Waals surface area contributed by atoms with Crippen LogP contribution in [-0.2, 0) is 10.3 Å². The van der Waals surface area contributed by atoms with Crippen LogP contribution in [0.3, 0.4) is 0 Å². The highest BCUT2D eigenvalue weighted by atomic mass is 16.5. The average molecular weight is 285 g/mol. The molecule has 1 saturated carbocycles. The first-order valence-corrected chi connectivity index (χ1v) is 7.97. The zero-order valence-corrected chi connectivity index (χ0v) is 12.8. The lowest BCUT2D eigenvalue weighted by Gasteiger charge is -2.52. The maximum atomic E-state index is 6.26. The second kappa shape index (κ2) is 4.82. The molecule has 0 amide bonds. The van der Waals surface area contributed by atoms with Gasteiger partial charge in [0.05, 0.1) is 11.0 Å². The summed E-state index contributed by atoms with van der Waals surface area (Å²) in [5, 5.41) is 3.59. The van der Waals surface area contributed by atoms with E-state index in [0.29, 0.717) is 11.8 Å². The van der Waals surface area contributed by atoms with E-state index in [1.54, 1.807) is 0 Å². The molecular weight excluding hydrogens is 262 g/mol. The number of rotatable bonds is 2. The fraction of sp³-hybridized carbons (Fsp3) is 0.588. The summed E-state index contributed by atoms with van der Waals surface area (Å²) >= 11 is 0. The normalized spacial score (nSPS) is 32.5. The summed E-state index contributed by atoms with van der Waals surface area (Å²) in [7, 11) is 1.88. The molecule has 4 nitrogen and oxygen atoms in total. The van der Waals surface area contributed by atoms with Crippen molar-refractivity contribution in [2.24, 2.45) is 11.8 Å². The summed E-state index contributed by atoms with van der Waals surface area (Å²) < 4.78 is 6.26. The van der Waals surface area contributed by atoms with Crippen LogP contribution < -0.4 is 5.32 Å². The Morgan fingerprint density at radius 3 is 2.71 bits per heavy atom. The van der Waals surface area contributed by atoms with Crippen molar-refractivity contribution in [3.8, 4) is 0 Å². The third-order valence-electron chi connectivity index (χ3n) is 5.49. The Labute approximate surface area is 125 Å². The van der Waals surface area contributed by atoms with Gasteiger partial charge in [0.25, 0.3) is 0 Å². The second-order valence-electron chi connectivity index (χ2n) is 6.50. The molecule has 4 heteroatoms. The Morgan fingerprint density at radius 1 is 1.24 bits per heavy atom. The van der Waals surface area contributed by atoms with Crippen LogP contribution in [0.5, 0.6) is 0 Å². The number of aromatic nitrogens is 2. The number of nitrogens with zero attached hydrogens (tertiary/aromatic N) is 1. The van der Waals surface area contributed by atoms with Gasteiger partial charge in [-0.3, -0.25) is 0 Å². The predicted octanol–water partition coefficient (Wildman–Crippen LogP) is 2.73. The maximum Gasteiger partial charge on any atom is 0.104 e. The van der Waals surface area contributed by atoms with Crippen LogP contribution in [0.15, 0.2) is 18.2 Å². The molecule has 2 atom stereocenters. The number of H-pyrrole nitrogens is 1. The molecule has 1 aromatic carbocycles. The molecule has 0 radical (unpaired) electrons. The number of benzene rings is 1. The number of methoxy groups -OCH3 is 1. The van der Waals surface area contributed by atoms with E-state index in [2.05, 4.69) is 28.5 Å².